The third kappa shape index (κ3) is 3.08. The summed E-state index contributed by atoms with van der Waals surface area (Å²) in [5.74, 6) is -0.170. The van der Waals surface area contributed by atoms with Crippen LogP contribution < -0.4 is 5.73 Å². The van der Waals surface area contributed by atoms with Crippen molar-refractivity contribution in [1.29, 1.82) is 0 Å². The highest BCUT2D eigenvalue weighted by Gasteiger charge is 2.22. The summed E-state index contributed by atoms with van der Waals surface area (Å²) < 4.78 is 23.7. The van der Waals surface area contributed by atoms with Crippen LogP contribution >= 0.6 is 23.2 Å². The molecule has 0 heterocycles. The van der Waals surface area contributed by atoms with Crippen molar-refractivity contribution in [3.8, 4) is 0 Å². The molecular formula is C9H11Cl2NO2S. The summed E-state index contributed by atoms with van der Waals surface area (Å²) in [5, 5.41) is 0.256. The Morgan fingerprint density at radius 3 is 2.20 bits per heavy atom. The van der Waals surface area contributed by atoms with E-state index < -0.39 is 15.9 Å². The van der Waals surface area contributed by atoms with Gasteiger partial charge in [0.05, 0.1) is 15.8 Å². The van der Waals surface area contributed by atoms with E-state index in [0.29, 0.717) is 0 Å². The summed E-state index contributed by atoms with van der Waals surface area (Å²) >= 11 is 11.6. The maximum Gasteiger partial charge on any atom is 0.182 e. The number of benzene rings is 1. The van der Waals surface area contributed by atoms with E-state index in [9.17, 15) is 8.42 Å². The zero-order valence-electron chi connectivity index (χ0n) is 8.07. The van der Waals surface area contributed by atoms with Crippen molar-refractivity contribution in [3.05, 3.63) is 28.2 Å². The van der Waals surface area contributed by atoms with Crippen molar-refractivity contribution >= 4 is 33.0 Å². The van der Waals surface area contributed by atoms with E-state index in [-0.39, 0.29) is 20.7 Å². The Hall–Kier alpha value is -0.290. The van der Waals surface area contributed by atoms with Gasteiger partial charge in [-0.1, -0.05) is 29.3 Å². The third-order valence-electron chi connectivity index (χ3n) is 1.71. The second-order valence-corrected chi connectivity index (χ2v) is 6.09. The molecule has 0 aliphatic carbocycles. The third-order valence-corrected chi connectivity index (χ3v) is 4.59. The predicted octanol–water partition coefficient (Wildman–Crippen LogP) is 2.11. The zero-order valence-corrected chi connectivity index (χ0v) is 10.4. The first kappa shape index (κ1) is 12.8. The fourth-order valence-electron chi connectivity index (χ4n) is 1.21. The maximum absolute atomic E-state index is 11.8. The average molecular weight is 268 g/mol. The van der Waals surface area contributed by atoms with Crippen molar-refractivity contribution in [2.24, 2.45) is 5.73 Å². The molecule has 2 N–H and O–H groups in total. The average Bonchev–Trinajstić information content (AvgIpc) is 1.99. The summed E-state index contributed by atoms with van der Waals surface area (Å²) in [7, 11) is -3.51. The topological polar surface area (TPSA) is 60.2 Å². The summed E-state index contributed by atoms with van der Waals surface area (Å²) in [6, 6.07) is 4.11. The Kier molecular flexibility index (Phi) is 4.00. The lowest BCUT2D eigenvalue weighted by Crippen LogP contribution is -2.26. The number of halogens is 2. The molecule has 3 nitrogen and oxygen atoms in total. The van der Waals surface area contributed by atoms with Gasteiger partial charge in [-0.15, -0.1) is 0 Å². The largest absolute Gasteiger partial charge is 0.327 e. The van der Waals surface area contributed by atoms with Crippen LogP contribution in [0, 0.1) is 0 Å². The first-order valence-corrected chi connectivity index (χ1v) is 6.68. The molecule has 1 aromatic carbocycles. The van der Waals surface area contributed by atoms with E-state index in [1.165, 1.54) is 12.1 Å². The van der Waals surface area contributed by atoms with Gasteiger partial charge in [0.15, 0.2) is 9.84 Å². The first-order chi connectivity index (χ1) is 6.84. The first-order valence-electron chi connectivity index (χ1n) is 4.27. The predicted molar refractivity (Wildman–Crippen MR) is 62.2 cm³/mol. The van der Waals surface area contributed by atoms with Crippen molar-refractivity contribution in [2.45, 2.75) is 17.9 Å². The lowest BCUT2D eigenvalue weighted by Gasteiger charge is -2.10. The molecule has 15 heavy (non-hydrogen) atoms. The second-order valence-electron chi connectivity index (χ2n) is 3.31. The number of hydrogen-bond acceptors (Lipinski definition) is 3. The summed E-state index contributed by atoms with van der Waals surface area (Å²) in [6.45, 7) is 1.61. The standard InChI is InChI=1S/C9H11Cl2NO2S/c1-6(12)5-15(13,14)9-7(10)3-2-4-8(9)11/h2-4,6H,5,12H2,1H3. The SMILES string of the molecule is CC(N)CS(=O)(=O)c1c(Cl)cccc1Cl. The molecule has 0 aliphatic rings. The lowest BCUT2D eigenvalue weighted by atomic mass is 10.4. The highest BCUT2D eigenvalue weighted by Crippen LogP contribution is 2.29. The molecule has 0 saturated carbocycles. The van der Waals surface area contributed by atoms with Gasteiger partial charge < -0.3 is 5.73 Å². The van der Waals surface area contributed by atoms with Gasteiger partial charge in [-0.3, -0.25) is 0 Å². The lowest BCUT2D eigenvalue weighted by molar-refractivity contribution is 0.590. The minimum absolute atomic E-state index is 0.0365. The van der Waals surface area contributed by atoms with Crippen molar-refractivity contribution in [2.75, 3.05) is 5.75 Å². The molecular weight excluding hydrogens is 257 g/mol. The van der Waals surface area contributed by atoms with Crippen LogP contribution in [0.4, 0.5) is 0 Å². The van der Waals surface area contributed by atoms with Gasteiger partial charge in [0, 0.05) is 6.04 Å². The number of sulfone groups is 1. The van der Waals surface area contributed by atoms with Crippen LogP contribution in [-0.2, 0) is 9.84 Å². The molecule has 0 aliphatic heterocycles. The van der Waals surface area contributed by atoms with Crippen LogP contribution in [0.5, 0.6) is 0 Å². The van der Waals surface area contributed by atoms with Gasteiger partial charge in [-0.25, -0.2) is 8.42 Å². The van der Waals surface area contributed by atoms with Gasteiger partial charge in [-0.2, -0.15) is 0 Å². The van der Waals surface area contributed by atoms with Crippen LogP contribution in [0.2, 0.25) is 10.0 Å². The molecule has 1 atom stereocenters. The highest BCUT2D eigenvalue weighted by molar-refractivity contribution is 7.91. The van der Waals surface area contributed by atoms with E-state index in [1.807, 2.05) is 0 Å². The van der Waals surface area contributed by atoms with E-state index in [4.69, 9.17) is 28.9 Å². The van der Waals surface area contributed by atoms with Crippen LogP contribution in [0.25, 0.3) is 0 Å². The van der Waals surface area contributed by atoms with Gasteiger partial charge >= 0.3 is 0 Å². The fourth-order valence-corrected chi connectivity index (χ4v) is 3.90. The van der Waals surface area contributed by atoms with Crippen molar-refractivity contribution in [3.63, 3.8) is 0 Å². The molecule has 0 saturated heterocycles. The minimum atomic E-state index is -3.51. The molecule has 0 bridgehead atoms. The monoisotopic (exact) mass is 267 g/mol. The Morgan fingerprint density at radius 2 is 1.80 bits per heavy atom. The maximum atomic E-state index is 11.8. The minimum Gasteiger partial charge on any atom is -0.327 e. The number of nitrogens with two attached hydrogens (primary N) is 1. The van der Waals surface area contributed by atoms with Crippen molar-refractivity contribution < 1.29 is 8.42 Å². The summed E-state index contributed by atoms with van der Waals surface area (Å²) in [4.78, 5) is -0.0365. The van der Waals surface area contributed by atoms with Crippen LogP contribution in [0.3, 0.4) is 0 Å². The molecule has 0 amide bonds. The molecule has 84 valence electrons. The van der Waals surface area contributed by atoms with E-state index in [2.05, 4.69) is 0 Å². The normalized spacial score (nSPS) is 13.9. The molecule has 0 radical (unpaired) electrons. The summed E-state index contributed by atoms with van der Waals surface area (Å²) in [6.07, 6.45) is 0. The van der Waals surface area contributed by atoms with Gasteiger partial charge in [-0.05, 0) is 19.1 Å². The zero-order chi connectivity index (χ0) is 11.6. The van der Waals surface area contributed by atoms with Crippen molar-refractivity contribution in [1.82, 2.24) is 0 Å². The van der Waals surface area contributed by atoms with Gasteiger partial charge in [0.1, 0.15) is 4.90 Å². The Bertz CT molecular complexity index is 437. The second kappa shape index (κ2) is 4.70. The fraction of sp³-hybridized carbons (Fsp3) is 0.333. The molecule has 6 heteroatoms. The van der Waals surface area contributed by atoms with Gasteiger partial charge in [0.2, 0.25) is 0 Å². The van der Waals surface area contributed by atoms with Crippen LogP contribution in [0.15, 0.2) is 23.1 Å². The van der Waals surface area contributed by atoms with E-state index in [0.717, 1.165) is 0 Å². The molecule has 0 spiro atoms. The van der Waals surface area contributed by atoms with Crippen LogP contribution in [-0.4, -0.2) is 20.2 Å². The van der Waals surface area contributed by atoms with Crippen LogP contribution in [0.1, 0.15) is 6.92 Å². The highest BCUT2D eigenvalue weighted by atomic mass is 35.5. The molecule has 0 aromatic heterocycles. The Balaban J connectivity index is 3.27. The van der Waals surface area contributed by atoms with E-state index in [1.54, 1.807) is 13.0 Å². The number of hydrogen-bond donors (Lipinski definition) is 1. The molecule has 1 unspecified atom stereocenters. The molecule has 1 rings (SSSR count). The molecule has 0 fully saturated rings. The Labute approximate surface area is 99.1 Å². The van der Waals surface area contributed by atoms with Gasteiger partial charge in [0.25, 0.3) is 0 Å². The Morgan fingerprint density at radius 1 is 1.33 bits per heavy atom. The smallest absolute Gasteiger partial charge is 0.182 e. The summed E-state index contributed by atoms with van der Waals surface area (Å²) in [5.41, 5.74) is 5.45. The molecule has 1 aromatic rings. The van der Waals surface area contributed by atoms with E-state index >= 15 is 0 Å². The number of rotatable bonds is 3. The quantitative estimate of drug-likeness (QED) is 0.913.